The van der Waals surface area contributed by atoms with Gasteiger partial charge in [-0.1, -0.05) is 6.07 Å². The fourth-order valence-electron chi connectivity index (χ4n) is 1.45. The van der Waals surface area contributed by atoms with Crippen molar-refractivity contribution in [2.75, 3.05) is 0 Å². The molecule has 1 aromatic carbocycles. The zero-order valence-electron chi connectivity index (χ0n) is 7.41. The fraction of sp³-hybridized carbons (Fsp3) is 0.222. The monoisotopic (exact) mass is 240 g/mol. The van der Waals surface area contributed by atoms with Gasteiger partial charge < -0.3 is 0 Å². The van der Waals surface area contributed by atoms with Crippen molar-refractivity contribution in [2.45, 2.75) is 0 Å². The minimum Gasteiger partial charge on any atom is -0.285 e. The van der Waals surface area contributed by atoms with E-state index < -0.39 is 0 Å². The first kappa shape index (κ1) is 8.56. The summed E-state index contributed by atoms with van der Waals surface area (Å²) in [4.78, 5) is 11.7. The summed E-state index contributed by atoms with van der Waals surface area (Å²) >= 11 is 3.37. The second-order valence-corrected chi connectivity index (χ2v) is 3.84. The number of hydrogen-bond acceptors (Lipinski definition) is 1. The number of fused-ring (bicyclic) bond motifs is 1. The van der Waals surface area contributed by atoms with Crippen molar-refractivity contribution < 1.29 is 0 Å². The number of nitrogens with zero attached hydrogens (tertiary/aromatic N) is 2. The second kappa shape index (κ2) is 2.73. The van der Waals surface area contributed by atoms with Gasteiger partial charge in [-0.2, -0.15) is 0 Å². The average Bonchev–Trinajstić information content (AvgIpc) is 2.33. The number of halogens is 1. The Hall–Kier alpha value is -1.03. The molecule has 2 aromatic rings. The second-order valence-electron chi connectivity index (χ2n) is 2.99. The van der Waals surface area contributed by atoms with Crippen LogP contribution in [-0.4, -0.2) is 9.36 Å². The molecule has 3 nitrogen and oxygen atoms in total. The van der Waals surface area contributed by atoms with Gasteiger partial charge in [-0.25, -0.2) is 0 Å². The Bertz CT molecular complexity index is 524. The van der Waals surface area contributed by atoms with Crippen LogP contribution in [0.3, 0.4) is 0 Å². The molecule has 0 aliphatic rings. The van der Waals surface area contributed by atoms with Gasteiger partial charge in [0.25, 0.3) is 5.56 Å². The molecule has 13 heavy (non-hydrogen) atoms. The Morgan fingerprint density at radius 3 is 2.54 bits per heavy atom. The highest BCUT2D eigenvalue weighted by molar-refractivity contribution is 9.10. The van der Waals surface area contributed by atoms with Crippen LogP contribution in [0, 0.1) is 0 Å². The molecular formula is C9H9BrN2O. The molecule has 0 amide bonds. The van der Waals surface area contributed by atoms with Crippen LogP contribution in [-0.2, 0) is 14.1 Å². The Balaban J connectivity index is 3.12. The van der Waals surface area contributed by atoms with Crippen LogP contribution < -0.4 is 5.56 Å². The van der Waals surface area contributed by atoms with E-state index in [9.17, 15) is 4.79 Å². The van der Waals surface area contributed by atoms with Gasteiger partial charge >= 0.3 is 0 Å². The Labute approximate surface area is 83.7 Å². The van der Waals surface area contributed by atoms with Gasteiger partial charge in [0.05, 0.1) is 10.9 Å². The van der Waals surface area contributed by atoms with Gasteiger partial charge in [-0.15, -0.1) is 0 Å². The summed E-state index contributed by atoms with van der Waals surface area (Å²) in [6.07, 6.45) is 0. The SMILES string of the molecule is Cn1c(=O)c2c(Br)cccc2n1C. The van der Waals surface area contributed by atoms with Crippen molar-refractivity contribution in [1.82, 2.24) is 9.36 Å². The molecule has 0 aliphatic carbocycles. The van der Waals surface area contributed by atoms with E-state index in [1.54, 1.807) is 11.7 Å². The van der Waals surface area contributed by atoms with Crippen LogP contribution in [0.1, 0.15) is 0 Å². The summed E-state index contributed by atoms with van der Waals surface area (Å²) in [6, 6.07) is 5.73. The molecule has 0 unspecified atom stereocenters. The maximum absolute atomic E-state index is 11.7. The predicted molar refractivity (Wildman–Crippen MR) is 55.9 cm³/mol. The van der Waals surface area contributed by atoms with E-state index in [1.165, 1.54) is 0 Å². The number of hydrogen-bond donors (Lipinski definition) is 0. The van der Waals surface area contributed by atoms with E-state index in [-0.39, 0.29) is 5.56 Å². The molecule has 0 N–H and O–H groups in total. The van der Waals surface area contributed by atoms with Gasteiger partial charge in [0.15, 0.2) is 0 Å². The summed E-state index contributed by atoms with van der Waals surface area (Å²) in [7, 11) is 3.63. The Morgan fingerprint density at radius 1 is 1.23 bits per heavy atom. The predicted octanol–water partition coefficient (Wildman–Crippen LogP) is 1.64. The smallest absolute Gasteiger partial charge is 0.275 e. The number of aromatic nitrogens is 2. The third kappa shape index (κ3) is 1.05. The Morgan fingerprint density at radius 2 is 1.92 bits per heavy atom. The molecule has 0 fully saturated rings. The maximum atomic E-state index is 11.7. The van der Waals surface area contributed by atoms with Crippen LogP contribution in [0.4, 0.5) is 0 Å². The van der Waals surface area contributed by atoms with Gasteiger partial charge in [0.1, 0.15) is 0 Å². The molecule has 0 spiro atoms. The summed E-state index contributed by atoms with van der Waals surface area (Å²) < 4.78 is 4.28. The van der Waals surface area contributed by atoms with Crippen LogP contribution in [0.15, 0.2) is 27.5 Å². The number of aryl methyl sites for hydroxylation is 1. The maximum Gasteiger partial charge on any atom is 0.275 e. The standard InChI is InChI=1S/C9H9BrN2O/c1-11-7-5-3-4-6(10)8(7)9(13)12(11)2/h3-5H,1-2H3. The molecule has 68 valence electrons. The molecule has 0 radical (unpaired) electrons. The van der Waals surface area contributed by atoms with Crippen molar-refractivity contribution in [3.8, 4) is 0 Å². The first-order chi connectivity index (χ1) is 6.13. The lowest BCUT2D eigenvalue weighted by atomic mass is 10.2. The van der Waals surface area contributed by atoms with E-state index in [1.807, 2.05) is 29.9 Å². The first-order valence-corrected chi connectivity index (χ1v) is 4.72. The molecule has 0 saturated heterocycles. The van der Waals surface area contributed by atoms with E-state index in [2.05, 4.69) is 15.9 Å². The average molecular weight is 241 g/mol. The number of rotatable bonds is 0. The van der Waals surface area contributed by atoms with Gasteiger partial charge in [-0.3, -0.25) is 14.2 Å². The number of benzene rings is 1. The van der Waals surface area contributed by atoms with Gasteiger partial charge in [-0.05, 0) is 28.1 Å². The Kier molecular flexibility index (Phi) is 1.80. The van der Waals surface area contributed by atoms with E-state index >= 15 is 0 Å². The summed E-state index contributed by atoms with van der Waals surface area (Å²) in [6.45, 7) is 0. The lowest BCUT2D eigenvalue weighted by Gasteiger charge is -1.98. The van der Waals surface area contributed by atoms with E-state index in [0.717, 1.165) is 15.4 Å². The molecule has 0 atom stereocenters. The van der Waals surface area contributed by atoms with Crippen LogP contribution >= 0.6 is 15.9 Å². The van der Waals surface area contributed by atoms with Crippen molar-refractivity contribution in [3.63, 3.8) is 0 Å². The topological polar surface area (TPSA) is 26.9 Å². The van der Waals surface area contributed by atoms with E-state index in [4.69, 9.17) is 0 Å². The van der Waals surface area contributed by atoms with Gasteiger partial charge in [0, 0.05) is 18.6 Å². The third-order valence-electron chi connectivity index (χ3n) is 2.30. The minimum absolute atomic E-state index is 0.0324. The molecule has 2 rings (SSSR count). The molecule has 0 saturated carbocycles. The molecule has 1 heterocycles. The zero-order chi connectivity index (χ0) is 9.59. The highest BCUT2D eigenvalue weighted by Gasteiger charge is 2.09. The first-order valence-electron chi connectivity index (χ1n) is 3.93. The zero-order valence-corrected chi connectivity index (χ0v) is 9.00. The highest BCUT2D eigenvalue weighted by atomic mass is 79.9. The summed E-state index contributed by atoms with van der Waals surface area (Å²) in [5, 5.41) is 0.743. The normalized spacial score (nSPS) is 11.0. The third-order valence-corrected chi connectivity index (χ3v) is 2.96. The fourth-order valence-corrected chi connectivity index (χ4v) is 1.98. The lowest BCUT2D eigenvalue weighted by Crippen LogP contribution is -2.16. The van der Waals surface area contributed by atoms with Crippen LogP contribution in [0.2, 0.25) is 0 Å². The molecule has 0 bridgehead atoms. The quantitative estimate of drug-likeness (QED) is 0.688. The van der Waals surface area contributed by atoms with Gasteiger partial charge in [0.2, 0.25) is 0 Å². The van der Waals surface area contributed by atoms with Crippen molar-refractivity contribution in [2.24, 2.45) is 14.1 Å². The van der Waals surface area contributed by atoms with Crippen LogP contribution in [0.5, 0.6) is 0 Å². The highest BCUT2D eigenvalue weighted by Crippen LogP contribution is 2.19. The van der Waals surface area contributed by atoms with Crippen LogP contribution in [0.25, 0.3) is 10.9 Å². The molecule has 0 aliphatic heterocycles. The molecule has 1 aromatic heterocycles. The van der Waals surface area contributed by atoms with E-state index in [0.29, 0.717) is 0 Å². The summed E-state index contributed by atoms with van der Waals surface area (Å²) in [5.74, 6) is 0. The molecular weight excluding hydrogens is 232 g/mol. The lowest BCUT2D eigenvalue weighted by molar-refractivity contribution is 0.595. The van der Waals surface area contributed by atoms with Crippen molar-refractivity contribution in [1.29, 1.82) is 0 Å². The largest absolute Gasteiger partial charge is 0.285 e. The molecule has 4 heteroatoms. The minimum atomic E-state index is 0.0324. The summed E-state index contributed by atoms with van der Waals surface area (Å²) in [5.41, 5.74) is 0.979. The van der Waals surface area contributed by atoms with Crippen molar-refractivity contribution >= 4 is 26.8 Å². The van der Waals surface area contributed by atoms with Crippen molar-refractivity contribution in [3.05, 3.63) is 33.0 Å².